The molecule has 1 aromatic heterocycles. The molecule has 0 bridgehead atoms. The van der Waals surface area contributed by atoms with E-state index in [0.29, 0.717) is 0 Å². The van der Waals surface area contributed by atoms with E-state index < -0.39 is 42.6 Å². The van der Waals surface area contributed by atoms with Gasteiger partial charge in [-0.3, -0.25) is 0 Å². The van der Waals surface area contributed by atoms with E-state index in [-0.39, 0.29) is 45.9 Å². The Morgan fingerprint density at radius 1 is 1.14 bits per heavy atom. The van der Waals surface area contributed by atoms with Gasteiger partial charge in [-0.1, -0.05) is 0 Å². The highest BCUT2D eigenvalue weighted by Crippen LogP contribution is 2.26. The minimum atomic E-state index is -2.75. The number of hydrogen-bond donors (Lipinski definition) is 2. The summed E-state index contributed by atoms with van der Waals surface area (Å²) < 4.78 is 72.7. The molecule has 0 saturated heterocycles. The van der Waals surface area contributed by atoms with Gasteiger partial charge in [-0.15, -0.1) is 0 Å². The molecule has 0 unspecified atom stereocenters. The quantitative estimate of drug-likeness (QED) is 0.610. The van der Waals surface area contributed by atoms with E-state index in [1.807, 2.05) is 0 Å². The van der Waals surface area contributed by atoms with Crippen LogP contribution in [0.5, 0.6) is 0 Å². The lowest BCUT2D eigenvalue weighted by molar-refractivity contribution is 1.16. The van der Waals surface area contributed by atoms with E-state index in [1.165, 1.54) is 25.3 Å². The van der Waals surface area contributed by atoms with Gasteiger partial charge in [0.05, 0.1) is 25.9 Å². The van der Waals surface area contributed by atoms with Gasteiger partial charge in [0.15, 0.2) is 0 Å². The molecule has 3 aromatic rings. The van der Waals surface area contributed by atoms with Crippen molar-refractivity contribution in [1.29, 1.82) is 10.5 Å². The Morgan fingerprint density at radius 3 is 2.64 bits per heavy atom. The van der Waals surface area contributed by atoms with Gasteiger partial charge in [0.2, 0.25) is 5.95 Å². The van der Waals surface area contributed by atoms with Crippen molar-refractivity contribution in [3.8, 4) is 12.1 Å². The van der Waals surface area contributed by atoms with Crippen LogP contribution in [-0.2, 0) is 0 Å². The summed E-state index contributed by atoms with van der Waals surface area (Å²) in [7, 11) is 0. The predicted octanol–water partition coefficient (Wildman–Crippen LogP) is 4.99. The van der Waals surface area contributed by atoms with Crippen LogP contribution in [0.2, 0.25) is 0 Å². The van der Waals surface area contributed by atoms with Crippen molar-refractivity contribution in [2.75, 3.05) is 10.6 Å². The Hall–Kier alpha value is -4.16. The van der Waals surface area contributed by atoms with E-state index in [1.54, 1.807) is 12.1 Å². The molecule has 136 valence electrons. The van der Waals surface area contributed by atoms with Crippen molar-refractivity contribution in [3.63, 3.8) is 0 Å². The van der Waals surface area contributed by atoms with Crippen LogP contribution in [-0.4, -0.2) is 9.97 Å². The summed E-state index contributed by atoms with van der Waals surface area (Å²) in [6.07, 6.45) is 3.55. The molecule has 0 saturated carbocycles. The fraction of sp³-hybridized carbons (Fsp3) is 0.0909. The maximum atomic E-state index is 9.11. The summed E-state index contributed by atoms with van der Waals surface area (Å²) in [5, 5.41) is 23.3. The fourth-order valence-corrected chi connectivity index (χ4v) is 2.20. The lowest BCUT2D eigenvalue weighted by Gasteiger charge is -2.14. The molecule has 0 aliphatic carbocycles. The van der Waals surface area contributed by atoms with Gasteiger partial charge >= 0.3 is 0 Å². The van der Waals surface area contributed by atoms with Crippen molar-refractivity contribution in [2.45, 2.75) is 13.8 Å². The van der Waals surface area contributed by atoms with Crippen molar-refractivity contribution >= 4 is 29.2 Å². The summed E-state index contributed by atoms with van der Waals surface area (Å²) >= 11 is 0. The molecular formula is C22H18N6. The van der Waals surface area contributed by atoms with Gasteiger partial charge < -0.3 is 10.6 Å². The van der Waals surface area contributed by atoms with Gasteiger partial charge in [-0.05, 0) is 78.9 Å². The Kier molecular flexibility index (Phi) is 3.10. The van der Waals surface area contributed by atoms with Crippen LogP contribution < -0.4 is 10.6 Å². The monoisotopic (exact) mass is 375 g/mol. The lowest BCUT2D eigenvalue weighted by atomic mass is 10.0. The number of aromatic nitrogens is 2. The normalized spacial score (nSPS) is 15.3. The molecule has 0 radical (unpaired) electrons. The first-order valence-corrected chi connectivity index (χ1v) is 7.91. The molecule has 28 heavy (non-hydrogen) atoms. The average molecular weight is 375 g/mol. The number of nitrogens with one attached hydrogen (secondary N) is 2. The Morgan fingerprint density at radius 2 is 1.93 bits per heavy atom. The summed E-state index contributed by atoms with van der Waals surface area (Å²) in [6, 6.07) is 2.12. The van der Waals surface area contributed by atoms with Crippen LogP contribution in [0.15, 0.2) is 54.6 Å². The van der Waals surface area contributed by atoms with Crippen LogP contribution in [0.4, 0.5) is 23.1 Å². The molecule has 0 aliphatic rings. The predicted molar refractivity (Wildman–Crippen MR) is 110 cm³/mol. The number of nitriles is 2. The van der Waals surface area contributed by atoms with Crippen molar-refractivity contribution in [2.24, 2.45) is 0 Å². The number of nitrogens with zero attached hydrogens (tertiary/aromatic N) is 4. The second-order valence-corrected chi connectivity index (χ2v) is 5.38. The summed E-state index contributed by atoms with van der Waals surface area (Å²) in [5.41, 5.74) is -0.921. The van der Waals surface area contributed by atoms with Gasteiger partial charge in [-0.2, -0.15) is 15.5 Å². The highest BCUT2D eigenvalue weighted by molar-refractivity contribution is 5.69. The third kappa shape index (κ3) is 4.51. The molecule has 0 aliphatic heterocycles. The number of anilines is 4. The van der Waals surface area contributed by atoms with Gasteiger partial charge in [0.1, 0.15) is 5.82 Å². The van der Waals surface area contributed by atoms with E-state index in [4.69, 9.17) is 22.9 Å². The van der Waals surface area contributed by atoms with Crippen molar-refractivity contribution in [3.05, 3.63) is 76.8 Å². The second kappa shape index (κ2) is 8.48. The van der Waals surface area contributed by atoms with Gasteiger partial charge in [-0.25, -0.2) is 4.98 Å². The fourth-order valence-electron chi connectivity index (χ4n) is 2.20. The maximum absolute atomic E-state index is 9.11. The Bertz CT molecular complexity index is 1490. The van der Waals surface area contributed by atoms with Gasteiger partial charge in [0.25, 0.3) is 0 Å². The van der Waals surface area contributed by atoms with Gasteiger partial charge in [0, 0.05) is 27.8 Å². The largest absolute Gasteiger partial charge is 0.340 e. The number of hydrogen-bond acceptors (Lipinski definition) is 6. The van der Waals surface area contributed by atoms with Crippen LogP contribution in [0.1, 0.15) is 34.6 Å². The topological polar surface area (TPSA) is 97.4 Å². The minimum absolute atomic E-state index is 0.0232. The van der Waals surface area contributed by atoms with E-state index in [2.05, 4.69) is 20.6 Å². The average Bonchev–Trinajstić information content (AvgIpc) is 2.83. The summed E-state index contributed by atoms with van der Waals surface area (Å²) in [5.74, 6) is -0.108. The maximum Gasteiger partial charge on any atom is 0.229 e. The highest BCUT2D eigenvalue weighted by Gasteiger charge is 2.07. The summed E-state index contributed by atoms with van der Waals surface area (Å²) in [6.45, 7) is -1.26. The number of benzene rings is 2. The Labute approximate surface area is 176 Å². The second-order valence-electron chi connectivity index (χ2n) is 5.38. The van der Waals surface area contributed by atoms with Crippen LogP contribution in [0, 0.1) is 36.4 Å². The molecule has 1 heterocycles. The smallest absolute Gasteiger partial charge is 0.229 e. The van der Waals surface area contributed by atoms with E-state index in [0.717, 1.165) is 6.08 Å². The van der Waals surface area contributed by atoms with E-state index >= 15 is 0 Å². The first-order valence-electron chi connectivity index (χ1n) is 12.4. The number of rotatable bonds is 5. The first-order chi connectivity index (χ1) is 17.3. The molecule has 6 heteroatoms. The van der Waals surface area contributed by atoms with E-state index in [9.17, 15) is 0 Å². The summed E-state index contributed by atoms with van der Waals surface area (Å²) in [4.78, 5) is 8.19. The molecule has 2 N–H and O–H groups in total. The highest BCUT2D eigenvalue weighted by atomic mass is 15.1. The molecule has 0 fully saturated rings. The third-order valence-corrected chi connectivity index (χ3v) is 3.41. The first kappa shape index (κ1) is 10.2. The molecule has 2 aromatic carbocycles. The zero-order chi connectivity index (χ0) is 27.7. The molecule has 0 amide bonds. The van der Waals surface area contributed by atoms with Crippen LogP contribution in [0.3, 0.4) is 0 Å². The zero-order valence-corrected chi connectivity index (χ0v) is 14.6. The molecule has 6 nitrogen and oxygen atoms in total. The lowest BCUT2D eigenvalue weighted by Crippen LogP contribution is -2.02. The third-order valence-electron chi connectivity index (χ3n) is 3.41. The van der Waals surface area contributed by atoms with Crippen molar-refractivity contribution < 1.29 is 12.3 Å². The van der Waals surface area contributed by atoms with Crippen LogP contribution >= 0.6 is 0 Å². The molecule has 0 spiro atoms. The minimum Gasteiger partial charge on any atom is -0.340 e. The standard InChI is InChI=1S/C22H18N6/c1-15-12-18(4-3-10-23)13-16(2)21(15)27-20-9-11-25-22(28-20)26-19-7-5-17(14-24)6-8-19/h3-9,11-13H,1-2H3,(H2,25,26,27,28)/b4-3+/i1D3,5D,6D,7D,8D,12D,13D. The zero-order valence-electron chi connectivity index (χ0n) is 23.6. The number of allylic oxidation sites excluding steroid dienone is 1. The molecule has 0 atom stereocenters. The van der Waals surface area contributed by atoms with Crippen LogP contribution in [0.25, 0.3) is 6.08 Å². The molecule has 3 rings (SSSR count). The Balaban J connectivity index is 2.10. The SMILES string of the molecule is [2H]c1c([2H])c(Nc2nccc(Nc3c(C)c([2H])c(/C=C/C#N)c([2H])c3C([2H])([2H])[2H])n2)c([2H])c([2H])c1C#N. The van der Waals surface area contributed by atoms with Crippen molar-refractivity contribution in [1.82, 2.24) is 9.97 Å². The molecular weight excluding hydrogens is 348 g/mol.